The van der Waals surface area contributed by atoms with Crippen LogP contribution < -0.4 is 16.8 Å². The second-order valence-corrected chi connectivity index (χ2v) is 7.15. The minimum Gasteiger partial charge on any atom is -0.385 e. The van der Waals surface area contributed by atoms with Crippen LogP contribution in [-0.2, 0) is 0 Å². The average molecular weight is 352 g/mol. The van der Waals surface area contributed by atoms with E-state index < -0.39 is 0 Å². The number of hydrogen-bond acceptors (Lipinski definition) is 3. The van der Waals surface area contributed by atoms with Crippen LogP contribution in [0.1, 0.15) is 110 Å². The first-order valence-electron chi connectivity index (χ1n) is 10.8. The van der Waals surface area contributed by atoms with E-state index in [4.69, 9.17) is 11.5 Å². The maximum Gasteiger partial charge on any atom is 0.113 e. The predicted octanol–water partition coefficient (Wildman–Crippen LogP) is 6.11. The maximum absolute atomic E-state index is 5.61. The summed E-state index contributed by atoms with van der Waals surface area (Å²) in [4.78, 5) is 0. The maximum atomic E-state index is 5.61. The number of allylic oxidation sites excluding steroid dienone is 3. The quantitative estimate of drug-likeness (QED) is 0.206. The van der Waals surface area contributed by atoms with Crippen LogP contribution in [-0.4, -0.2) is 6.54 Å². The lowest BCUT2D eigenvalue weighted by atomic mass is 10.1. The third-order valence-electron chi connectivity index (χ3n) is 4.73. The van der Waals surface area contributed by atoms with Crippen LogP contribution in [0.25, 0.3) is 0 Å². The Morgan fingerprint density at radius 2 is 1.16 bits per heavy atom. The Morgan fingerprint density at radius 1 is 0.680 bits per heavy atom. The van der Waals surface area contributed by atoms with Gasteiger partial charge < -0.3 is 16.8 Å². The average Bonchev–Trinajstić information content (AvgIpc) is 2.60. The fourth-order valence-corrected chi connectivity index (χ4v) is 3.04. The van der Waals surface area contributed by atoms with Gasteiger partial charge in [-0.25, -0.2) is 0 Å². The summed E-state index contributed by atoms with van der Waals surface area (Å²) in [6.45, 7) is 5.34. The minimum absolute atomic E-state index is 0.437. The highest BCUT2D eigenvalue weighted by Gasteiger charge is 1.97. The summed E-state index contributed by atoms with van der Waals surface area (Å²) in [5.41, 5.74) is 12.2. The first kappa shape index (κ1) is 23.9. The summed E-state index contributed by atoms with van der Waals surface area (Å²) >= 11 is 0. The molecule has 0 unspecified atom stereocenters. The highest BCUT2D eigenvalue weighted by Crippen LogP contribution is 2.10. The van der Waals surface area contributed by atoms with Crippen LogP contribution in [0, 0.1) is 0 Å². The van der Waals surface area contributed by atoms with Crippen molar-refractivity contribution in [2.24, 2.45) is 11.5 Å². The Bertz CT molecular complexity index is 330. The minimum atomic E-state index is 0.437. The third-order valence-corrected chi connectivity index (χ3v) is 4.73. The number of nitrogens with two attached hydrogens (primary N) is 2. The first-order chi connectivity index (χ1) is 12.2. The van der Waals surface area contributed by atoms with Crippen molar-refractivity contribution in [1.82, 2.24) is 5.32 Å². The Balaban J connectivity index is 3.23. The summed E-state index contributed by atoms with van der Waals surface area (Å²) in [5, 5.41) is 3.34. The molecule has 0 aliphatic rings. The number of hydrogen-bond donors (Lipinski definition) is 3. The van der Waals surface area contributed by atoms with E-state index in [1.54, 1.807) is 0 Å². The molecular formula is C22H45N3. The van der Waals surface area contributed by atoms with Crippen molar-refractivity contribution < 1.29 is 0 Å². The van der Waals surface area contributed by atoms with Gasteiger partial charge in [0.25, 0.3) is 0 Å². The fraction of sp³-hybridized carbons (Fsp3) is 0.818. The summed E-state index contributed by atoms with van der Waals surface area (Å²) in [7, 11) is 0. The van der Waals surface area contributed by atoms with Crippen LogP contribution in [0.15, 0.2) is 23.7 Å². The zero-order valence-electron chi connectivity index (χ0n) is 17.1. The lowest BCUT2D eigenvalue weighted by molar-refractivity contribution is 0.580. The van der Waals surface area contributed by atoms with Gasteiger partial charge in [-0.3, -0.25) is 0 Å². The highest BCUT2D eigenvalue weighted by atomic mass is 14.9. The van der Waals surface area contributed by atoms with E-state index in [1.165, 1.54) is 89.9 Å². The molecule has 0 aromatic rings. The SMILES string of the molecule is CCCCCCCC/C=C\CCCCCCCCNC(CC)=C(N)N. The first-order valence-corrected chi connectivity index (χ1v) is 10.8. The molecule has 0 heterocycles. The Hall–Kier alpha value is -1.12. The van der Waals surface area contributed by atoms with Crippen molar-refractivity contribution in [3.63, 3.8) is 0 Å². The van der Waals surface area contributed by atoms with E-state index in [2.05, 4.69) is 31.3 Å². The van der Waals surface area contributed by atoms with Gasteiger partial charge in [-0.15, -0.1) is 0 Å². The Labute approximate surface area is 157 Å². The summed E-state index contributed by atoms with van der Waals surface area (Å²) in [6.07, 6.45) is 24.5. The van der Waals surface area contributed by atoms with Gasteiger partial charge in [-0.05, 0) is 38.5 Å². The third kappa shape index (κ3) is 17.5. The topological polar surface area (TPSA) is 64.1 Å². The molecule has 5 N–H and O–H groups in total. The van der Waals surface area contributed by atoms with Gasteiger partial charge >= 0.3 is 0 Å². The van der Waals surface area contributed by atoms with Crippen molar-refractivity contribution in [2.75, 3.05) is 6.54 Å². The van der Waals surface area contributed by atoms with Crippen molar-refractivity contribution in [3.05, 3.63) is 23.7 Å². The second kappa shape index (κ2) is 19.2. The molecule has 0 aromatic heterocycles. The molecule has 148 valence electrons. The zero-order valence-corrected chi connectivity index (χ0v) is 17.1. The van der Waals surface area contributed by atoms with Crippen LogP contribution in [0.5, 0.6) is 0 Å². The lowest BCUT2D eigenvalue weighted by Gasteiger charge is -2.10. The summed E-state index contributed by atoms with van der Waals surface area (Å²) < 4.78 is 0. The molecule has 0 fully saturated rings. The van der Waals surface area contributed by atoms with Gasteiger partial charge in [0.15, 0.2) is 0 Å². The monoisotopic (exact) mass is 351 g/mol. The number of unbranched alkanes of at least 4 members (excludes halogenated alkanes) is 12. The van der Waals surface area contributed by atoms with Gasteiger partial charge in [-0.1, -0.05) is 83.8 Å². The fourth-order valence-electron chi connectivity index (χ4n) is 3.04. The normalized spacial score (nSPS) is 11.1. The summed E-state index contributed by atoms with van der Waals surface area (Å²) in [6, 6.07) is 0. The molecule has 0 aromatic carbocycles. The van der Waals surface area contributed by atoms with Crippen molar-refractivity contribution in [1.29, 1.82) is 0 Å². The van der Waals surface area contributed by atoms with Gasteiger partial charge in [0.1, 0.15) is 5.82 Å². The van der Waals surface area contributed by atoms with E-state index in [9.17, 15) is 0 Å². The molecule has 0 saturated carbocycles. The molecule has 0 atom stereocenters. The Morgan fingerprint density at radius 3 is 1.64 bits per heavy atom. The molecule has 3 nitrogen and oxygen atoms in total. The molecule has 0 rings (SSSR count). The van der Waals surface area contributed by atoms with E-state index in [0.29, 0.717) is 5.82 Å². The number of rotatable bonds is 18. The van der Waals surface area contributed by atoms with Crippen LogP contribution >= 0.6 is 0 Å². The van der Waals surface area contributed by atoms with Crippen molar-refractivity contribution in [3.8, 4) is 0 Å². The molecule has 0 aliphatic carbocycles. The van der Waals surface area contributed by atoms with Crippen molar-refractivity contribution in [2.45, 2.75) is 110 Å². The van der Waals surface area contributed by atoms with Gasteiger partial charge in [0, 0.05) is 6.54 Å². The summed E-state index contributed by atoms with van der Waals surface area (Å²) in [5.74, 6) is 0.437. The lowest BCUT2D eigenvalue weighted by Crippen LogP contribution is -2.23. The van der Waals surface area contributed by atoms with Gasteiger partial charge in [-0.2, -0.15) is 0 Å². The molecule has 25 heavy (non-hydrogen) atoms. The zero-order chi connectivity index (χ0) is 18.6. The molecule has 0 aliphatic heterocycles. The van der Waals surface area contributed by atoms with E-state index in [0.717, 1.165) is 18.7 Å². The van der Waals surface area contributed by atoms with E-state index >= 15 is 0 Å². The van der Waals surface area contributed by atoms with Gasteiger partial charge in [0.05, 0.1) is 5.70 Å². The molecule has 0 saturated heterocycles. The molecule has 0 spiro atoms. The molecule has 0 bridgehead atoms. The smallest absolute Gasteiger partial charge is 0.113 e. The van der Waals surface area contributed by atoms with Crippen LogP contribution in [0.4, 0.5) is 0 Å². The largest absolute Gasteiger partial charge is 0.385 e. The highest BCUT2D eigenvalue weighted by molar-refractivity contribution is 5.04. The van der Waals surface area contributed by atoms with Gasteiger partial charge in [0.2, 0.25) is 0 Å². The van der Waals surface area contributed by atoms with Crippen LogP contribution in [0.3, 0.4) is 0 Å². The second-order valence-electron chi connectivity index (χ2n) is 7.15. The number of nitrogens with one attached hydrogen (secondary N) is 1. The Kier molecular flexibility index (Phi) is 18.3. The van der Waals surface area contributed by atoms with E-state index in [-0.39, 0.29) is 0 Å². The van der Waals surface area contributed by atoms with Crippen molar-refractivity contribution >= 4 is 0 Å². The standard InChI is InChI=1S/C22H45N3/c1-3-5-6-7-8-9-10-11-12-13-14-15-16-17-18-19-20-25-21(4-2)22(23)24/h11-12,25H,3-10,13-20,23-24H2,1-2H3/b12-11-. The molecular weight excluding hydrogens is 306 g/mol. The van der Waals surface area contributed by atoms with E-state index in [1.807, 2.05) is 0 Å². The molecule has 3 heteroatoms. The molecule has 0 amide bonds. The van der Waals surface area contributed by atoms with Crippen LogP contribution in [0.2, 0.25) is 0 Å². The molecule has 0 radical (unpaired) electrons. The predicted molar refractivity (Wildman–Crippen MR) is 113 cm³/mol.